The molecule has 0 radical (unpaired) electrons. The summed E-state index contributed by atoms with van der Waals surface area (Å²) in [7, 11) is 0. The van der Waals surface area contributed by atoms with Gasteiger partial charge in [-0.3, -0.25) is 0 Å². The van der Waals surface area contributed by atoms with Gasteiger partial charge in [0.05, 0.1) is 39.6 Å². The average molecular weight is 905 g/mol. The fraction of sp³-hybridized carbons (Fsp3) is 0.667. The number of hydrogen-bond donors (Lipinski definition) is 0. The van der Waals surface area contributed by atoms with E-state index in [2.05, 4.69) is 95.9 Å². The molecule has 2 unspecified atom stereocenters. The average Bonchev–Trinajstić information content (AvgIpc) is 3.34. The van der Waals surface area contributed by atoms with Crippen molar-refractivity contribution < 1.29 is 28.4 Å². The summed E-state index contributed by atoms with van der Waals surface area (Å²) in [6.45, 7) is 6.53. The fourth-order valence-corrected chi connectivity index (χ4v) is 7.70. The van der Waals surface area contributed by atoms with Crippen LogP contribution in [0.5, 0.6) is 0 Å². The van der Waals surface area contributed by atoms with Gasteiger partial charge in [-0.25, -0.2) is 0 Å². The Hall–Kier alpha value is -3.56. The molecular weight excluding hydrogens is 817 g/mol. The molecule has 0 saturated heterocycles. The van der Waals surface area contributed by atoms with E-state index in [-0.39, 0.29) is 12.2 Å². The maximum atomic E-state index is 6.28. The van der Waals surface area contributed by atoms with Gasteiger partial charge in [0.15, 0.2) is 0 Å². The third kappa shape index (κ3) is 36.5. The van der Waals surface area contributed by atoms with Crippen molar-refractivity contribution >= 4 is 0 Å². The van der Waals surface area contributed by atoms with Gasteiger partial charge < -0.3 is 28.4 Å². The fourth-order valence-electron chi connectivity index (χ4n) is 7.70. The van der Waals surface area contributed by atoms with Gasteiger partial charge >= 0.3 is 0 Å². The van der Waals surface area contributed by atoms with Crippen molar-refractivity contribution in [1.82, 2.24) is 0 Å². The zero-order valence-electron chi connectivity index (χ0n) is 41.2. The predicted octanol–water partition coefficient (Wildman–Crippen LogP) is 14.2. The van der Waals surface area contributed by atoms with Gasteiger partial charge in [-0.05, 0) is 86.2 Å². The molecule has 66 heavy (non-hydrogen) atoms. The summed E-state index contributed by atoms with van der Waals surface area (Å²) >= 11 is 0. The largest absolute Gasteiger partial charge is 0.379 e. The Morgan fingerprint density at radius 3 is 0.970 bits per heavy atom. The quantitative estimate of drug-likeness (QED) is 0.246. The van der Waals surface area contributed by atoms with Crippen molar-refractivity contribution in [2.24, 2.45) is 0 Å². The van der Waals surface area contributed by atoms with Crippen LogP contribution in [0.2, 0.25) is 0 Å². The number of ether oxygens (including phenoxy) is 6. The summed E-state index contributed by atoms with van der Waals surface area (Å²) in [4.78, 5) is 0. The van der Waals surface area contributed by atoms with Gasteiger partial charge in [-0.1, -0.05) is 187 Å². The molecule has 0 spiro atoms. The van der Waals surface area contributed by atoms with E-state index in [1.807, 2.05) is 12.1 Å². The van der Waals surface area contributed by atoms with Crippen LogP contribution in [0.1, 0.15) is 191 Å². The molecule has 6 heteroatoms. The van der Waals surface area contributed by atoms with Gasteiger partial charge in [0.25, 0.3) is 0 Å². The molecule has 0 fully saturated rings. The van der Waals surface area contributed by atoms with Crippen LogP contribution in [0.25, 0.3) is 0 Å². The molecule has 0 aromatic heterocycles. The van der Waals surface area contributed by atoms with E-state index >= 15 is 0 Å². The summed E-state index contributed by atoms with van der Waals surface area (Å²) in [6.07, 6.45) is 32.2. The van der Waals surface area contributed by atoms with Crippen LogP contribution >= 0.6 is 0 Å². The molecule has 364 valence electrons. The maximum Gasteiger partial charge on any atom is 0.104 e. The van der Waals surface area contributed by atoms with Gasteiger partial charge in [-0.2, -0.15) is 0 Å². The Kier molecular flexibility index (Phi) is 38.9. The van der Waals surface area contributed by atoms with Crippen LogP contribution < -0.4 is 0 Å². The first-order valence-electron chi connectivity index (χ1n) is 26.4. The first-order chi connectivity index (χ1) is 32.9. The lowest BCUT2D eigenvalue weighted by atomic mass is 10.1. The third-order valence-corrected chi connectivity index (χ3v) is 11.7. The monoisotopic (exact) mass is 905 g/mol. The van der Waals surface area contributed by atoms with Crippen LogP contribution in [-0.2, 0) is 41.6 Å². The van der Waals surface area contributed by atoms with Crippen molar-refractivity contribution in [1.29, 1.82) is 0 Å². The molecule has 0 amide bonds. The van der Waals surface area contributed by atoms with Crippen LogP contribution in [0, 0.1) is 47.4 Å². The van der Waals surface area contributed by atoms with Gasteiger partial charge in [-0.15, -0.1) is 0 Å². The summed E-state index contributed by atoms with van der Waals surface area (Å²) in [5.41, 5.74) is 2.37. The predicted molar refractivity (Wildman–Crippen MR) is 274 cm³/mol. The molecule has 3 rings (SSSR count). The minimum atomic E-state index is -0.0348. The molecule has 1 heterocycles. The van der Waals surface area contributed by atoms with E-state index < -0.39 is 0 Å². The molecule has 2 aromatic carbocycles. The van der Waals surface area contributed by atoms with Crippen molar-refractivity contribution in [2.45, 2.75) is 205 Å². The third-order valence-electron chi connectivity index (χ3n) is 11.7. The molecule has 1 aliphatic heterocycles. The molecule has 2 aromatic rings. The van der Waals surface area contributed by atoms with E-state index in [9.17, 15) is 0 Å². The standard InChI is InChI=1S/C60H88O6/c1-2-6-10-14-18-22-26-30-40-48-62-54-60(56-64-52-58-45-37-34-38-46-58)66-50-42-32-28-24-20-16-12-8-4-3-7-11-15-19-23-27-31-41-49-65-59(55-63-51-57-43-35-33-36-44-57)53-61-47-39-29-25-21-17-13-9-5-1/h33-38,43-46,59-60H,9-32,39-42,47-56H2. The Morgan fingerprint density at radius 1 is 0.348 bits per heavy atom. The lowest BCUT2D eigenvalue weighted by Crippen LogP contribution is -2.26. The van der Waals surface area contributed by atoms with Crippen LogP contribution in [0.15, 0.2) is 60.7 Å². The van der Waals surface area contributed by atoms with E-state index in [1.54, 1.807) is 0 Å². The highest BCUT2D eigenvalue weighted by atomic mass is 16.6. The summed E-state index contributed by atoms with van der Waals surface area (Å²) < 4.78 is 36.8. The molecule has 2 atom stereocenters. The Balaban J connectivity index is 1.34. The lowest BCUT2D eigenvalue weighted by Gasteiger charge is -2.18. The summed E-state index contributed by atoms with van der Waals surface area (Å²) in [6, 6.07) is 20.7. The zero-order chi connectivity index (χ0) is 46.2. The van der Waals surface area contributed by atoms with E-state index in [4.69, 9.17) is 28.4 Å². The highest BCUT2D eigenvalue weighted by molar-refractivity contribution is 5.26. The second-order valence-corrected chi connectivity index (χ2v) is 17.8. The molecule has 6 nitrogen and oxygen atoms in total. The van der Waals surface area contributed by atoms with E-state index in [0.717, 1.165) is 103 Å². The Morgan fingerprint density at radius 2 is 0.636 bits per heavy atom. The highest BCUT2D eigenvalue weighted by Gasteiger charge is 2.12. The highest BCUT2D eigenvalue weighted by Crippen LogP contribution is 2.13. The molecule has 1 aliphatic rings. The topological polar surface area (TPSA) is 55.4 Å². The smallest absolute Gasteiger partial charge is 0.104 e. The first kappa shape index (κ1) is 56.8. The molecule has 0 aliphatic carbocycles. The second-order valence-electron chi connectivity index (χ2n) is 17.8. The number of rotatable bonds is 8. The number of hydrogen-bond acceptors (Lipinski definition) is 6. The Bertz CT molecular complexity index is 1510. The lowest BCUT2D eigenvalue weighted by molar-refractivity contribution is -0.0645. The van der Waals surface area contributed by atoms with Crippen molar-refractivity contribution in [2.75, 3.05) is 52.9 Å². The van der Waals surface area contributed by atoms with Gasteiger partial charge in [0, 0.05) is 52.1 Å². The molecule has 0 N–H and O–H groups in total. The molecular formula is C60H88O6. The molecule has 0 saturated carbocycles. The van der Waals surface area contributed by atoms with Crippen molar-refractivity contribution in [3.63, 3.8) is 0 Å². The molecule has 0 bridgehead atoms. The van der Waals surface area contributed by atoms with Crippen LogP contribution in [0.4, 0.5) is 0 Å². The normalized spacial score (nSPS) is 20.9. The van der Waals surface area contributed by atoms with E-state index in [0.29, 0.717) is 39.6 Å². The summed E-state index contributed by atoms with van der Waals surface area (Å²) in [5, 5.41) is 0. The Labute approximate surface area is 404 Å². The van der Waals surface area contributed by atoms with Crippen molar-refractivity contribution in [3.8, 4) is 47.4 Å². The zero-order valence-corrected chi connectivity index (χ0v) is 41.2. The summed E-state index contributed by atoms with van der Waals surface area (Å²) in [5.74, 6) is 25.3. The van der Waals surface area contributed by atoms with Crippen molar-refractivity contribution in [3.05, 3.63) is 71.8 Å². The maximum absolute atomic E-state index is 6.28. The number of benzene rings is 2. The minimum absolute atomic E-state index is 0.0348. The van der Waals surface area contributed by atoms with Crippen LogP contribution in [0.3, 0.4) is 0 Å². The van der Waals surface area contributed by atoms with Gasteiger partial charge in [0.1, 0.15) is 12.2 Å². The van der Waals surface area contributed by atoms with E-state index in [1.165, 1.54) is 114 Å². The second kappa shape index (κ2) is 45.2. The SMILES string of the molecule is C1#CCCCCCCCCOCC(COCc2ccccc2)OCCCCCCCCC#CC#CCCCCCCCCOC(COCc2ccccc2)COCCCCCCCCC#C1. The first-order valence-corrected chi connectivity index (χ1v) is 26.4. The van der Waals surface area contributed by atoms with Crippen LogP contribution in [-0.4, -0.2) is 65.1 Å². The van der Waals surface area contributed by atoms with Gasteiger partial charge in [0.2, 0.25) is 0 Å². The minimum Gasteiger partial charge on any atom is -0.379 e.